The van der Waals surface area contributed by atoms with Gasteiger partial charge in [0, 0.05) is 43.1 Å². The Balaban J connectivity index is 1.77. The number of amides is 1. The van der Waals surface area contributed by atoms with E-state index in [1.165, 1.54) is 11.1 Å². The van der Waals surface area contributed by atoms with Crippen LogP contribution in [-0.4, -0.2) is 47.7 Å². The fourth-order valence-corrected chi connectivity index (χ4v) is 6.69. The summed E-state index contributed by atoms with van der Waals surface area (Å²) < 4.78 is 0. The summed E-state index contributed by atoms with van der Waals surface area (Å²) in [5, 5.41) is 10.4. The number of benzene rings is 1. The van der Waals surface area contributed by atoms with Crippen LogP contribution >= 0.6 is 0 Å². The molecule has 4 heteroatoms. The zero-order chi connectivity index (χ0) is 17.3. The normalized spacial score (nSPS) is 40.3. The molecule has 1 unspecified atom stereocenters. The molecule has 3 fully saturated rings. The lowest BCUT2D eigenvalue weighted by molar-refractivity contribution is -0.118. The van der Waals surface area contributed by atoms with Crippen molar-refractivity contribution in [2.45, 2.75) is 44.2 Å². The monoisotopic (exact) mass is 338 g/mol. The van der Waals surface area contributed by atoms with E-state index in [1.807, 2.05) is 11.0 Å². The van der Waals surface area contributed by atoms with Crippen LogP contribution in [0.1, 0.15) is 32.3 Å². The molecule has 1 aromatic carbocycles. The van der Waals surface area contributed by atoms with Crippen LogP contribution in [0.4, 0.5) is 5.69 Å². The molecule has 5 atom stereocenters. The number of carbonyl (C=O) groups excluding carboxylic acids is 1. The van der Waals surface area contributed by atoms with E-state index in [9.17, 15) is 9.90 Å². The van der Waals surface area contributed by atoms with Gasteiger partial charge in [0.1, 0.15) is 0 Å². The van der Waals surface area contributed by atoms with Crippen molar-refractivity contribution < 1.29 is 9.90 Å². The maximum Gasteiger partial charge on any atom is 0.224 e. The molecule has 3 aliphatic heterocycles. The van der Waals surface area contributed by atoms with Crippen LogP contribution in [0.5, 0.6) is 0 Å². The van der Waals surface area contributed by atoms with Crippen LogP contribution in [0, 0.1) is 11.8 Å². The van der Waals surface area contributed by atoms with Gasteiger partial charge in [-0.1, -0.05) is 29.8 Å². The highest BCUT2D eigenvalue weighted by Crippen LogP contribution is 2.63. The average molecular weight is 338 g/mol. The van der Waals surface area contributed by atoms with Crippen LogP contribution in [0.25, 0.3) is 0 Å². The first-order chi connectivity index (χ1) is 12.1. The largest absolute Gasteiger partial charge is 0.396 e. The number of carbonyl (C=O) groups is 1. The molecular formula is C21H26N2O2. The molecule has 132 valence electrons. The Morgan fingerprint density at radius 2 is 2.20 bits per heavy atom. The van der Waals surface area contributed by atoms with Gasteiger partial charge in [-0.2, -0.15) is 0 Å². The number of anilines is 1. The van der Waals surface area contributed by atoms with Crippen LogP contribution in [0.15, 0.2) is 35.9 Å². The Morgan fingerprint density at radius 1 is 1.40 bits per heavy atom. The molecule has 0 radical (unpaired) electrons. The fraction of sp³-hybridized carbons (Fsp3) is 0.571. The summed E-state index contributed by atoms with van der Waals surface area (Å²) in [6, 6.07) is 9.04. The summed E-state index contributed by atoms with van der Waals surface area (Å²) in [6.07, 6.45) is 4.44. The topological polar surface area (TPSA) is 43.8 Å². The van der Waals surface area contributed by atoms with E-state index in [2.05, 4.69) is 36.1 Å². The summed E-state index contributed by atoms with van der Waals surface area (Å²) in [4.78, 5) is 17.3. The van der Waals surface area contributed by atoms with E-state index in [0.717, 1.165) is 31.6 Å². The minimum Gasteiger partial charge on any atom is -0.396 e. The lowest BCUT2D eigenvalue weighted by Gasteiger charge is -2.56. The molecule has 25 heavy (non-hydrogen) atoms. The highest BCUT2D eigenvalue weighted by molar-refractivity contribution is 5.96. The molecule has 0 aromatic heterocycles. The van der Waals surface area contributed by atoms with Crippen LogP contribution in [-0.2, 0) is 10.2 Å². The number of fused-ring (bicyclic) bond motifs is 2. The van der Waals surface area contributed by atoms with E-state index in [1.54, 1.807) is 6.92 Å². The van der Waals surface area contributed by atoms with Gasteiger partial charge in [-0.05, 0) is 43.9 Å². The minimum atomic E-state index is -0.00850. The first-order valence-electron chi connectivity index (χ1n) is 9.52. The molecule has 1 N–H and O–H groups in total. The van der Waals surface area contributed by atoms with E-state index in [4.69, 9.17) is 0 Å². The summed E-state index contributed by atoms with van der Waals surface area (Å²) >= 11 is 0. The second-order valence-electron chi connectivity index (χ2n) is 8.18. The maximum atomic E-state index is 12.7. The van der Waals surface area contributed by atoms with Crippen LogP contribution in [0.2, 0.25) is 0 Å². The Kier molecular flexibility index (Phi) is 3.23. The first kappa shape index (κ1) is 15.6. The average Bonchev–Trinajstić information content (AvgIpc) is 3.15. The third kappa shape index (κ3) is 1.72. The highest BCUT2D eigenvalue weighted by Gasteiger charge is 2.67. The molecule has 2 saturated heterocycles. The second kappa shape index (κ2) is 5.18. The smallest absolute Gasteiger partial charge is 0.224 e. The predicted molar refractivity (Wildman–Crippen MR) is 97.5 cm³/mol. The van der Waals surface area contributed by atoms with E-state index < -0.39 is 0 Å². The van der Waals surface area contributed by atoms with E-state index in [0.29, 0.717) is 12.0 Å². The molecule has 3 heterocycles. The second-order valence-corrected chi connectivity index (χ2v) is 8.18. The molecule has 1 aromatic rings. The number of hydrogen-bond acceptors (Lipinski definition) is 3. The number of nitrogens with zero attached hydrogens (tertiary/aromatic N) is 2. The van der Waals surface area contributed by atoms with Crippen LogP contribution < -0.4 is 4.90 Å². The van der Waals surface area contributed by atoms with Gasteiger partial charge in [-0.3, -0.25) is 9.69 Å². The van der Waals surface area contributed by atoms with Gasteiger partial charge in [0.15, 0.2) is 0 Å². The Hall–Kier alpha value is -1.65. The van der Waals surface area contributed by atoms with Gasteiger partial charge in [0.2, 0.25) is 5.91 Å². The molecule has 1 amide bonds. The third-order valence-corrected chi connectivity index (χ3v) is 7.50. The molecule has 1 aliphatic carbocycles. The third-order valence-electron chi connectivity index (χ3n) is 7.50. The molecule has 1 spiro atoms. The zero-order valence-electron chi connectivity index (χ0n) is 15.0. The lowest BCUT2D eigenvalue weighted by Crippen LogP contribution is -2.65. The van der Waals surface area contributed by atoms with E-state index >= 15 is 0 Å². The first-order valence-corrected chi connectivity index (χ1v) is 9.52. The molecule has 2 bridgehead atoms. The Labute approximate surface area is 149 Å². The molecule has 5 rings (SSSR count). The zero-order valence-corrected chi connectivity index (χ0v) is 15.0. The number of para-hydroxylation sites is 1. The van der Waals surface area contributed by atoms with Gasteiger partial charge in [0.05, 0.1) is 6.04 Å². The molecule has 1 saturated carbocycles. The molecule has 4 nitrogen and oxygen atoms in total. The predicted octanol–water partition coefficient (Wildman–Crippen LogP) is 2.32. The number of aliphatic hydroxyl groups is 1. The van der Waals surface area contributed by atoms with Gasteiger partial charge >= 0.3 is 0 Å². The summed E-state index contributed by atoms with van der Waals surface area (Å²) in [7, 11) is 0. The number of aliphatic hydroxyl groups excluding tert-OH is 1. The Bertz CT molecular complexity index is 773. The lowest BCUT2D eigenvalue weighted by atomic mass is 9.55. The van der Waals surface area contributed by atoms with Crippen molar-refractivity contribution in [1.29, 1.82) is 0 Å². The SMILES string of the molecule is C/C=C1/CN2CCC34c5ccccc5N(C(C)=O)[C@H]3[C@H](CO)[C@H]1C[C@H]24. The van der Waals surface area contributed by atoms with Crippen molar-refractivity contribution in [3.8, 4) is 0 Å². The number of rotatable bonds is 1. The van der Waals surface area contributed by atoms with Crippen molar-refractivity contribution in [1.82, 2.24) is 4.90 Å². The van der Waals surface area contributed by atoms with Gasteiger partial charge in [-0.25, -0.2) is 0 Å². The quantitative estimate of drug-likeness (QED) is 0.799. The fourth-order valence-electron chi connectivity index (χ4n) is 6.69. The standard InChI is InChI=1S/C21H26N2O2/c1-3-14-11-22-9-8-21-17-6-4-5-7-18(17)23(13(2)25)20(21)16(12-24)15(14)10-19(21)22/h3-7,15-16,19-20,24H,8-12H2,1-2H3/b14-3-/t15-,16+,19-,20-,21?/m0/s1. The highest BCUT2D eigenvalue weighted by atomic mass is 16.3. The summed E-state index contributed by atoms with van der Waals surface area (Å²) in [5.74, 6) is 0.621. The number of allylic oxidation sites excluding steroid dienone is 1. The minimum absolute atomic E-state index is 0.00850. The van der Waals surface area contributed by atoms with Gasteiger partial charge < -0.3 is 10.0 Å². The van der Waals surface area contributed by atoms with Crippen molar-refractivity contribution >= 4 is 11.6 Å². The van der Waals surface area contributed by atoms with Crippen LogP contribution in [0.3, 0.4) is 0 Å². The Morgan fingerprint density at radius 3 is 2.92 bits per heavy atom. The van der Waals surface area contributed by atoms with Crippen molar-refractivity contribution in [2.24, 2.45) is 11.8 Å². The van der Waals surface area contributed by atoms with Gasteiger partial charge in [0.25, 0.3) is 0 Å². The maximum absolute atomic E-state index is 12.7. The summed E-state index contributed by atoms with van der Waals surface area (Å²) in [5.41, 5.74) is 3.86. The molecule has 4 aliphatic rings. The number of hydrogen-bond donors (Lipinski definition) is 1. The number of piperidine rings is 1. The molecular weight excluding hydrogens is 312 g/mol. The van der Waals surface area contributed by atoms with Gasteiger partial charge in [-0.15, -0.1) is 0 Å². The van der Waals surface area contributed by atoms with E-state index in [-0.39, 0.29) is 29.9 Å². The van der Waals surface area contributed by atoms with Crippen molar-refractivity contribution in [3.63, 3.8) is 0 Å². The summed E-state index contributed by atoms with van der Waals surface area (Å²) in [6.45, 7) is 6.06. The van der Waals surface area contributed by atoms with Crippen molar-refractivity contribution in [3.05, 3.63) is 41.5 Å². The van der Waals surface area contributed by atoms with Crippen molar-refractivity contribution in [2.75, 3.05) is 24.6 Å².